The highest BCUT2D eigenvalue weighted by molar-refractivity contribution is 9.10. The summed E-state index contributed by atoms with van der Waals surface area (Å²) in [7, 11) is 0. The lowest BCUT2D eigenvalue weighted by molar-refractivity contribution is -0.118. The predicted octanol–water partition coefficient (Wildman–Crippen LogP) is 2.39. The van der Waals surface area contributed by atoms with Crippen LogP contribution in [0.4, 0.5) is 0 Å². The molecule has 1 rings (SSSR count). The van der Waals surface area contributed by atoms with Crippen molar-refractivity contribution in [3.05, 3.63) is 34.3 Å². The van der Waals surface area contributed by atoms with Crippen LogP contribution in [-0.2, 0) is 11.2 Å². The molecule has 1 aromatic carbocycles. The maximum Gasteiger partial charge on any atom is 0.234 e. The Balaban J connectivity index is 2.54. The van der Waals surface area contributed by atoms with Crippen LogP contribution >= 0.6 is 27.9 Å². The smallest absolute Gasteiger partial charge is 0.234 e. The molecule has 4 heteroatoms. The normalized spacial score (nSPS) is 9.69. The Morgan fingerprint density at radius 2 is 2.08 bits per heavy atom. The summed E-state index contributed by atoms with van der Waals surface area (Å²) < 4.78 is 3.70. The van der Waals surface area contributed by atoms with Crippen LogP contribution in [0.5, 0.6) is 0 Å². The van der Waals surface area contributed by atoms with Crippen molar-refractivity contribution in [3.8, 4) is 0 Å². The fourth-order valence-corrected chi connectivity index (χ4v) is 1.50. The molecule has 0 aliphatic heterocycles. The molecule has 0 heterocycles. The third-order valence-corrected chi connectivity index (χ3v) is 2.45. The average molecular weight is 260 g/mol. The van der Waals surface area contributed by atoms with Gasteiger partial charge in [-0.05, 0) is 17.7 Å². The van der Waals surface area contributed by atoms with Crippen LogP contribution < -0.4 is 4.72 Å². The van der Waals surface area contributed by atoms with E-state index >= 15 is 0 Å². The third kappa shape index (κ3) is 3.83. The summed E-state index contributed by atoms with van der Waals surface area (Å²) in [6, 6.07) is 7.73. The van der Waals surface area contributed by atoms with Crippen LogP contribution in [0.3, 0.4) is 0 Å². The topological polar surface area (TPSA) is 29.1 Å². The van der Waals surface area contributed by atoms with E-state index in [1.807, 2.05) is 30.5 Å². The summed E-state index contributed by atoms with van der Waals surface area (Å²) in [5.74, 6) is 0.0369. The number of benzene rings is 1. The van der Waals surface area contributed by atoms with Crippen LogP contribution in [0.15, 0.2) is 28.7 Å². The largest absolute Gasteiger partial charge is 0.300 e. The van der Waals surface area contributed by atoms with E-state index in [1.54, 1.807) is 0 Å². The van der Waals surface area contributed by atoms with E-state index in [4.69, 9.17) is 0 Å². The zero-order valence-corrected chi connectivity index (χ0v) is 9.61. The SMILES string of the molecule is CSNC(=O)Cc1ccc(Br)cc1. The van der Waals surface area contributed by atoms with E-state index in [9.17, 15) is 4.79 Å². The van der Waals surface area contributed by atoms with Crippen LogP contribution in [0.2, 0.25) is 0 Å². The van der Waals surface area contributed by atoms with E-state index in [2.05, 4.69) is 20.7 Å². The molecule has 70 valence electrons. The average Bonchev–Trinajstić information content (AvgIpc) is 2.09. The molecule has 0 radical (unpaired) electrons. The molecule has 0 unspecified atom stereocenters. The Bertz CT molecular complexity index is 286. The summed E-state index contributed by atoms with van der Waals surface area (Å²) >= 11 is 4.66. The van der Waals surface area contributed by atoms with Crippen LogP contribution in [-0.4, -0.2) is 12.2 Å². The molecule has 0 aromatic heterocycles. The Kier molecular flexibility index (Phi) is 4.32. The van der Waals surface area contributed by atoms with Gasteiger partial charge in [0.2, 0.25) is 5.91 Å². The van der Waals surface area contributed by atoms with Crippen molar-refractivity contribution in [3.63, 3.8) is 0 Å². The van der Waals surface area contributed by atoms with Gasteiger partial charge < -0.3 is 4.72 Å². The maximum atomic E-state index is 11.2. The summed E-state index contributed by atoms with van der Waals surface area (Å²) in [5, 5.41) is 0. The van der Waals surface area contributed by atoms with Gasteiger partial charge in [-0.3, -0.25) is 4.79 Å². The number of rotatable bonds is 3. The predicted molar refractivity (Wildman–Crippen MR) is 59.5 cm³/mol. The van der Waals surface area contributed by atoms with Crippen molar-refractivity contribution >= 4 is 33.8 Å². The van der Waals surface area contributed by atoms with Gasteiger partial charge in [-0.25, -0.2) is 0 Å². The third-order valence-electron chi connectivity index (χ3n) is 1.49. The number of halogens is 1. The molecule has 0 atom stereocenters. The van der Waals surface area contributed by atoms with Gasteiger partial charge >= 0.3 is 0 Å². The van der Waals surface area contributed by atoms with Gasteiger partial charge in [0.1, 0.15) is 0 Å². The first-order valence-electron chi connectivity index (χ1n) is 3.78. The van der Waals surface area contributed by atoms with Crippen molar-refractivity contribution in [2.45, 2.75) is 6.42 Å². The summed E-state index contributed by atoms with van der Waals surface area (Å²) in [6.45, 7) is 0. The number of nitrogens with one attached hydrogen (secondary N) is 1. The molecule has 0 spiro atoms. The van der Waals surface area contributed by atoms with Crippen molar-refractivity contribution < 1.29 is 4.79 Å². The first-order valence-corrected chi connectivity index (χ1v) is 5.80. The minimum Gasteiger partial charge on any atom is -0.300 e. The van der Waals surface area contributed by atoms with Gasteiger partial charge in [-0.2, -0.15) is 0 Å². The Labute approximate surface area is 90.4 Å². The van der Waals surface area contributed by atoms with Crippen LogP contribution in [0, 0.1) is 0 Å². The second-order valence-electron chi connectivity index (χ2n) is 2.53. The van der Waals surface area contributed by atoms with Crippen molar-refractivity contribution in [1.82, 2.24) is 4.72 Å². The molecule has 1 amide bonds. The second kappa shape index (κ2) is 5.29. The van der Waals surface area contributed by atoms with Gasteiger partial charge in [-0.15, -0.1) is 0 Å². The lowest BCUT2D eigenvalue weighted by Crippen LogP contribution is -2.17. The molecular weight excluding hydrogens is 250 g/mol. The summed E-state index contributed by atoms with van der Waals surface area (Å²) in [5.41, 5.74) is 1.02. The van der Waals surface area contributed by atoms with Gasteiger partial charge in [0.15, 0.2) is 0 Å². The molecule has 0 saturated heterocycles. The monoisotopic (exact) mass is 259 g/mol. The Morgan fingerprint density at radius 3 is 2.62 bits per heavy atom. The van der Waals surface area contributed by atoms with Crippen molar-refractivity contribution in [2.75, 3.05) is 6.26 Å². The van der Waals surface area contributed by atoms with Crippen LogP contribution in [0.1, 0.15) is 5.56 Å². The lowest BCUT2D eigenvalue weighted by Gasteiger charge is -2.01. The van der Waals surface area contributed by atoms with E-state index in [0.29, 0.717) is 6.42 Å². The summed E-state index contributed by atoms with van der Waals surface area (Å²) in [6.07, 6.45) is 2.27. The van der Waals surface area contributed by atoms with Gasteiger partial charge in [0, 0.05) is 10.7 Å². The molecular formula is C9H10BrNOS. The number of hydrogen-bond donors (Lipinski definition) is 1. The highest BCUT2D eigenvalue weighted by Crippen LogP contribution is 2.10. The molecule has 0 aliphatic carbocycles. The Hall–Kier alpha value is -0.480. The molecule has 2 nitrogen and oxygen atoms in total. The number of hydrogen-bond acceptors (Lipinski definition) is 2. The number of carbonyl (C=O) groups is 1. The zero-order valence-electron chi connectivity index (χ0n) is 7.21. The van der Waals surface area contributed by atoms with E-state index in [-0.39, 0.29) is 5.91 Å². The Morgan fingerprint density at radius 1 is 1.46 bits per heavy atom. The summed E-state index contributed by atoms with van der Waals surface area (Å²) in [4.78, 5) is 11.2. The number of carbonyl (C=O) groups excluding carboxylic acids is 1. The number of amides is 1. The fourth-order valence-electron chi connectivity index (χ4n) is 0.938. The molecule has 0 aliphatic rings. The van der Waals surface area contributed by atoms with Gasteiger partial charge in [-0.1, -0.05) is 40.0 Å². The van der Waals surface area contributed by atoms with Crippen molar-refractivity contribution in [1.29, 1.82) is 0 Å². The highest BCUT2D eigenvalue weighted by atomic mass is 79.9. The first-order chi connectivity index (χ1) is 6.22. The molecule has 1 N–H and O–H groups in total. The zero-order chi connectivity index (χ0) is 9.68. The molecule has 0 bridgehead atoms. The highest BCUT2D eigenvalue weighted by Gasteiger charge is 2.01. The standard InChI is InChI=1S/C9H10BrNOS/c1-13-11-9(12)6-7-2-4-8(10)5-3-7/h2-5H,6H2,1H3,(H,11,12). The first kappa shape index (κ1) is 10.6. The fraction of sp³-hybridized carbons (Fsp3) is 0.222. The quantitative estimate of drug-likeness (QED) is 0.845. The van der Waals surface area contributed by atoms with E-state index in [0.717, 1.165) is 10.0 Å². The molecule has 13 heavy (non-hydrogen) atoms. The maximum absolute atomic E-state index is 11.2. The molecule has 1 aromatic rings. The van der Waals surface area contributed by atoms with E-state index in [1.165, 1.54) is 11.9 Å². The minimum atomic E-state index is 0.0369. The van der Waals surface area contributed by atoms with Crippen LogP contribution in [0.25, 0.3) is 0 Å². The lowest BCUT2D eigenvalue weighted by atomic mass is 10.1. The second-order valence-corrected chi connectivity index (χ2v) is 4.06. The van der Waals surface area contributed by atoms with Crippen molar-refractivity contribution in [2.24, 2.45) is 0 Å². The van der Waals surface area contributed by atoms with Gasteiger partial charge in [0.25, 0.3) is 0 Å². The molecule has 0 fully saturated rings. The van der Waals surface area contributed by atoms with E-state index < -0.39 is 0 Å². The van der Waals surface area contributed by atoms with Gasteiger partial charge in [0.05, 0.1) is 6.42 Å². The molecule has 0 saturated carbocycles. The minimum absolute atomic E-state index is 0.0369.